The van der Waals surface area contributed by atoms with Crippen molar-refractivity contribution >= 4 is 13.7 Å². The Morgan fingerprint density at radius 1 is 0.486 bits per heavy atom. The molecule has 0 saturated carbocycles. The Balaban J connectivity index is 3.79. The van der Waals surface area contributed by atoms with Crippen LogP contribution in [0.1, 0.15) is 271 Å². The molecule has 0 aromatic carbocycles. The lowest BCUT2D eigenvalue weighted by atomic mass is 10.0. The summed E-state index contributed by atoms with van der Waals surface area (Å²) < 4.78 is 23.6. The van der Waals surface area contributed by atoms with E-state index in [0.717, 1.165) is 70.6 Å². The van der Waals surface area contributed by atoms with Crippen LogP contribution in [0, 0.1) is 0 Å². The summed E-state index contributed by atoms with van der Waals surface area (Å²) in [7, 11) is 1.58. The average molecular weight is 1030 g/mol. The second-order valence-electron chi connectivity index (χ2n) is 21.7. The number of nitrogens with zero attached hydrogens (tertiary/aromatic N) is 1. The number of hydrogen-bond donors (Lipinski definition) is 3. The fourth-order valence-corrected chi connectivity index (χ4v) is 9.45. The lowest BCUT2D eigenvalue weighted by Gasteiger charge is -2.25. The van der Waals surface area contributed by atoms with Gasteiger partial charge in [0.2, 0.25) is 5.91 Å². The Morgan fingerprint density at radius 2 is 0.833 bits per heavy atom. The van der Waals surface area contributed by atoms with Crippen molar-refractivity contribution in [3.8, 4) is 0 Å². The molecule has 3 N–H and O–H groups in total. The number of rotatable bonds is 55. The molecule has 0 fully saturated rings. The molecule has 3 unspecified atom stereocenters. The molecule has 0 radical (unpaired) electrons. The predicted octanol–water partition coefficient (Wildman–Crippen LogP) is 18.7. The van der Waals surface area contributed by atoms with Crippen LogP contribution in [-0.2, 0) is 18.4 Å². The second-order valence-corrected chi connectivity index (χ2v) is 23.2. The zero-order chi connectivity index (χ0) is 52.7. The maximum Gasteiger partial charge on any atom is 0.472 e. The van der Waals surface area contributed by atoms with E-state index in [2.05, 4.69) is 79.9 Å². The minimum absolute atomic E-state index is 0.0616. The van der Waals surface area contributed by atoms with Crippen molar-refractivity contribution in [3.63, 3.8) is 0 Å². The van der Waals surface area contributed by atoms with Gasteiger partial charge in [0.1, 0.15) is 13.2 Å². The molecule has 8 nitrogen and oxygen atoms in total. The summed E-state index contributed by atoms with van der Waals surface area (Å²) in [4.78, 5) is 23.2. The van der Waals surface area contributed by atoms with Gasteiger partial charge in [0, 0.05) is 6.42 Å². The number of amides is 1. The summed E-state index contributed by atoms with van der Waals surface area (Å²) in [6, 6.07) is -0.844. The van der Waals surface area contributed by atoms with E-state index in [9.17, 15) is 19.4 Å². The van der Waals surface area contributed by atoms with Gasteiger partial charge in [-0.05, 0) is 64.2 Å². The number of quaternary nitrogens is 1. The molecule has 0 spiro atoms. The van der Waals surface area contributed by atoms with Crippen molar-refractivity contribution < 1.29 is 32.9 Å². The van der Waals surface area contributed by atoms with E-state index in [1.54, 1.807) is 6.08 Å². The van der Waals surface area contributed by atoms with Crippen molar-refractivity contribution in [1.29, 1.82) is 0 Å². The maximum absolute atomic E-state index is 12.9. The number of aliphatic hydroxyl groups excluding tert-OH is 1. The number of aliphatic hydroxyl groups is 1. The van der Waals surface area contributed by atoms with Crippen molar-refractivity contribution in [2.75, 3.05) is 40.9 Å². The topological polar surface area (TPSA) is 105 Å². The van der Waals surface area contributed by atoms with E-state index in [1.165, 1.54) is 180 Å². The number of carbonyl (C=O) groups is 1. The standard InChI is InChI=1S/C63H117N2O6P/c1-6-8-10-12-14-16-17-18-19-20-21-22-23-24-25-26-27-28-29-30-31-32-33-34-35-36-37-38-39-40-41-42-43-44-45-46-47-49-51-53-55-57-63(67)64-61(60-71-72(68,69)70-59-58-65(3,4)5)62(66)56-54-52-50-48-15-13-11-9-7-2/h8,10,14,16,18-19,21-22,24-25,54,56,61-62,66H,6-7,9,11-13,15,17,20,23,26-53,55,57-60H2,1-5H3,(H-,64,67,68,69)/p+1/b10-8-,16-14-,19-18-,22-21-,25-24-,56-54+. The molecule has 1 amide bonds. The van der Waals surface area contributed by atoms with Gasteiger partial charge in [0.05, 0.1) is 39.9 Å². The number of phosphoric acid groups is 1. The first-order valence-corrected chi connectivity index (χ1v) is 31.8. The second kappa shape index (κ2) is 53.8. The molecule has 0 aliphatic heterocycles. The molecule has 0 aliphatic rings. The number of unbranched alkanes of at least 4 members (excludes halogenated alkanes) is 32. The largest absolute Gasteiger partial charge is 0.472 e. The van der Waals surface area contributed by atoms with Crippen LogP contribution >= 0.6 is 7.82 Å². The van der Waals surface area contributed by atoms with E-state index >= 15 is 0 Å². The molecule has 3 atom stereocenters. The van der Waals surface area contributed by atoms with E-state index in [0.29, 0.717) is 17.4 Å². The van der Waals surface area contributed by atoms with Crippen LogP contribution in [0.2, 0.25) is 0 Å². The highest BCUT2D eigenvalue weighted by atomic mass is 31.2. The molecule has 72 heavy (non-hydrogen) atoms. The number of hydrogen-bond acceptors (Lipinski definition) is 5. The number of carbonyl (C=O) groups excluding carboxylic acids is 1. The fourth-order valence-electron chi connectivity index (χ4n) is 8.72. The third-order valence-corrected chi connectivity index (χ3v) is 14.4. The van der Waals surface area contributed by atoms with E-state index in [4.69, 9.17) is 9.05 Å². The van der Waals surface area contributed by atoms with Gasteiger partial charge in [-0.3, -0.25) is 13.8 Å². The molecule has 0 rings (SSSR count). The first kappa shape index (κ1) is 69.9. The van der Waals surface area contributed by atoms with Gasteiger partial charge in [-0.15, -0.1) is 0 Å². The van der Waals surface area contributed by atoms with E-state index in [1.807, 2.05) is 27.2 Å². The molecule has 0 bridgehead atoms. The molecule has 0 heterocycles. The molecule has 0 aromatic rings. The molecule has 0 aliphatic carbocycles. The van der Waals surface area contributed by atoms with Crippen molar-refractivity contribution in [1.82, 2.24) is 5.32 Å². The maximum atomic E-state index is 12.9. The Hall–Kier alpha value is -2.06. The van der Waals surface area contributed by atoms with Crippen LogP contribution in [0.3, 0.4) is 0 Å². The summed E-state index contributed by atoms with van der Waals surface area (Å²) >= 11 is 0. The summed E-state index contributed by atoms with van der Waals surface area (Å²) in [5.74, 6) is -0.177. The first-order valence-electron chi connectivity index (χ1n) is 30.3. The van der Waals surface area contributed by atoms with Gasteiger partial charge in [0.15, 0.2) is 0 Å². The normalized spacial score (nSPS) is 14.4. The van der Waals surface area contributed by atoms with Crippen molar-refractivity contribution in [3.05, 3.63) is 72.9 Å². The highest BCUT2D eigenvalue weighted by Crippen LogP contribution is 2.43. The van der Waals surface area contributed by atoms with Gasteiger partial charge in [-0.25, -0.2) is 4.57 Å². The minimum atomic E-state index is -4.34. The number of phosphoric ester groups is 1. The molecular formula is C63H118N2O6P+. The monoisotopic (exact) mass is 1030 g/mol. The zero-order valence-electron chi connectivity index (χ0n) is 47.9. The van der Waals surface area contributed by atoms with Crippen LogP contribution in [0.5, 0.6) is 0 Å². The van der Waals surface area contributed by atoms with Gasteiger partial charge >= 0.3 is 7.82 Å². The zero-order valence-corrected chi connectivity index (χ0v) is 48.8. The summed E-state index contributed by atoms with van der Waals surface area (Å²) in [6.07, 6.45) is 74.8. The van der Waals surface area contributed by atoms with E-state index in [-0.39, 0.29) is 19.1 Å². The smallest absolute Gasteiger partial charge is 0.387 e. The summed E-state index contributed by atoms with van der Waals surface area (Å²) in [5.41, 5.74) is 0. The van der Waals surface area contributed by atoms with Gasteiger partial charge in [-0.2, -0.15) is 0 Å². The lowest BCUT2D eigenvalue weighted by Crippen LogP contribution is -2.45. The van der Waals surface area contributed by atoms with E-state index < -0.39 is 20.0 Å². The van der Waals surface area contributed by atoms with Crippen molar-refractivity contribution in [2.24, 2.45) is 0 Å². The molecule has 0 saturated heterocycles. The number of likely N-dealkylation sites (N-methyl/N-ethyl adjacent to an activating group) is 1. The Morgan fingerprint density at radius 3 is 1.22 bits per heavy atom. The van der Waals surface area contributed by atoms with Crippen LogP contribution in [0.15, 0.2) is 72.9 Å². The van der Waals surface area contributed by atoms with Crippen LogP contribution in [0.25, 0.3) is 0 Å². The van der Waals surface area contributed by atoms with Crippen molar-refractivity contribution in [2.45, 2.75) is 283 Å². The Bertz CT molecular complexity index is 1400. The molecule has 0 aromatic heterocycles. The Labute approximate surface area is 446 Å². The van der Waals surface area contributed by atoms with Gasteiger partial charge in [-0.1, -0.05) is 273 Å². The van der Waals surface area contributed by atoms with Gasteiger partial charge in [0.25, 0.3) is 0 Å². The van der Waals surface area contributed by atoms with Crippen LogP contribution in [0.4, 0.5) is 0 Å². The van der Waals surface area contributed by atoms with Gasteiger partial charge < -0.3 is 19.8 Å². The summed E-state index contributed by atoms with van der Waals surface area (Å²) in [5, 5.41) is 13.8. The first-order chi connectivity index (χ1) is 35.0. The molecular weight excluding hydrogens is 912 g/mol. The molecule has 420 valence electrons. The highest BCUT2D eigenvalue weighted by molar-refractivity contribution is 7.47. The Kier molecular flexibility index (Phi) is 52.2. The number of allylic oxidation sites excluding steroid dienone is 11. The third kappa shape index (κ3) is 55.7. The molecule has 9 heteroatoms. The lowest BCUT2D eigenvalue weighted by molar-refractivity contribution is -0.870. The third-order valence-electron chi connectivity index (χ3n) is 13.4. The minimum Gasteiger partial charge on any atom is -0.387 e. The fraction of sp³-hybridized carbons (Fsp3) is 0.794. The quantitative estimate of drug-likeness (QED) is 0.0243. The highest BCUT2D eigenvalue weighted by Gasteiger charge is 2.27. The average Bonchev–Trinajstić information content (AvgIpc) is 3.34. The van der Waals surface area contributed by atoms with Crippen LogP contribution < -0.4 is 5.32 Å². The number of nitrogens with one attached hydrogen (secondary N) is 1. The predicted molar refractivity (Wildman–Crippen MR) is 313 cm³/mol. The SMILES string of the molecule is CC/C=C\C/C=C\C/C=C\C/C=C\C/C=C\CCCCCCCCCCCCCCCCCCCCCCCCCCCC(=O)NC(COP(=O)(O)OCC[N+](C)(C)C)C(O)/C=C/CCCCCCCCC. The van der Waals surface area contributed by atoms with Crippen LogP contribution in [-0.4, -0.2) is 73.4 Å². The summed E-state index contributed by atoms with van der Waals surface area (Å²) in [6.45, 7) is 4.68.